The molecule has 0 aliphatic carbocycles. The van der Waals surface area contributed by atoms with Crippen LogP contribution in [0.5, 0.6) is 5.75 Å². The van der Waals surface area contributed by atoms with Crippen LogP contribution in [-0.4, -0.2) is 39.3 Å². The van der Waals surface area contributed by atoms with E-state index in [0.717, 1.165) is 22.2 Å². The minimum Gasteiger partial charge on any atom is -0.491 e. The standard InChI is InChI=1S/C20H17N5O2/c26-20(16-7-3-8-17(13-16)25-14-22-23-24-25)21-11-12-27-19-10-4-6-15-5-1-2-9-18(15)19/h1-10,13-14H,11-12H2,(H,21,26). The number of benzene rings is 3. The zero-order chi connectivity index (χ0) is 18.5. The molecule has 7 nitrogen and oxygen atoms in total. The number of hydrogen-bond acceptors (Lipinski definition) is 5. The van der Waals surface area contributed by atoms with E-state index in [0.29, 0.717) is 18.7 Å². The molecular weight excluding hydrogens is 342 g/mol. The van der Waals surface area contributed by atoms with Crippen LogP contribution in [0.25, 0.3) is 16.5 Å². The second-order valence-corrected chi connectivity index (χ2v) is 5.89. The summed E-state index contributed by atoms with van der Waals surface area (Å²) in [6.45, 7) is 0.781. The first kappa shape index (κ1) is 16.7. The van der Waals surface area contributed by atoms with Crippen molar-refractivity contribution in [3.63, 3.8) is 0 Å². The minimum atomic E-state index is -0.175. The van der Waals surface area contributed by atoms with Crippen LogP contribution in [0.1, 0.15) is 10.4 Å². The highest BCUT2D eigenvalue weighted by atomic mass is 16.5. The number of carbonyl (C=O) groups is 1. The van der Waals surface area contributed by atoms with E-state index >= 15 is 0 Å². The van der Waals surface area contributed by atoms with Gasteiger partial charge in [-0.15, -0.1) is 5.10 Å². The molecular formula is C20H17N5O2. The van der Waals surface area contributed by atoms with Gasteiger partial charge in [-0.05, 0) is 40.1 Å². The molecule has 3 aromatic carbocycles. The Kier molecular flexibility index (Phi) is 4.74. The third-order valence-corrected chi connectivity index (χ3v) is 4.12. The maximum atomic E-state index is 12.4. The van der Waals surface area contributed by atoms with E-state index in [1.165, 1.54) is 11.0 Å². The third-order valence-electron chi connectivity index (χ3n) is 4.12. The molecule has 4 aromatic rings. The maximum absolute atomic E-state index is 12.4. The zero-order valence-corrected chi connectivity index (χ0v) is 14.4. The molecule has 0 spiro atoms. The molecule has 0 unspecified atom stereocenters. The first-order valence-corrected chi connectivity index (χ1v) is 8.53. The molecule has 4 rings (SSSR count). The largest absolute Gasteiger partial charge is 0.491 e. The van der Waals surface area contributed by atoms with Crippen molar-refractivity contribution in [3.05, 3.63) is 78.6 Å². The zero-order valence-electron chi connectivity index (χ0n) is 14.4. The lowest BCUT2D eigenvalue weighted by molar-refractivity contribution is 0.0947. The van der Waals surface area contributed by atoms with Gasteiger partial charge in [0.05, 0.1) is 12.2 Å². The number of rotatable bonds is 6. The van der Waals surface area contributed by atoms with Crippen LogP contribution in [0.2, 0.25) is 0 Å². The van der Waals surface area contributed by atoms with Crippen molar-refractivity contribution in [2.75, 3.05) is 13.2 Å². The SMILES string of the molecule is O=C(NCCOc1cccc2ccccc12)c1cccc(-n2cnnn2)c1. The molecule has 0 saturated heterocycles. The van der Waals surface area contributed by atoms with Crippen molar-refractivity contribution in [1.29, 1.82) is 0 Å². The summed E-state index contributed by atoms with van der Waals surface area (Å²) in [4.78, 5) is 12.4. The average Bonchev–Trinajstić information content (AvgIpc) is 3.26. The van der Waals surface area contributed by atoms with Gasteiger partial charge in [0.25, 0.3) is 5.91 Å². The van der Waals surface area contributed by atoms with E-state index in [2.05, 4.69) is 20.8 Å². The van der Waals surface area contributed by atoms with Crippen LogP contribution in [-0.2, 0) is 0 Å². The summed E-state index contributed by atoms with van der Waals surface area (Å²) in [6, 6.07) is 21.1. The molecule has 7 heteroatoms. The summed E-state index contributed by atoms with van der Waals surface area (Å²) in [5, 5.41) is 16.1. The highest BCUT2D eigenvalue weighted by Crippen LogP contribution is 2.24. The van der Waals surface area contributed by atoms with Gasteiger partial charge in [0.15, 0.2) is 0 Å². The molecule has 1 heterocycles. The molecule has 0 atom stereocenters. The summed E-state index contributed by atoms with van der Waals surface area (Å²) in [5.74, 6) is 0.634. The van der Waals surface area contributed by atoms with Gasteiger partial charge in [-0.1, -0.05) is 42.5 Å². The fourth-order valence-corrected chi connectivity index (χ4v) is 2.82. The average molecular weight is 359 g/mol. The first-order chi connectivity index (χ1) is 13.3. The van der Waals surface area contributed by atoms with Gasteiger partial charge in [-0.3, -0.25) is 4.79 Å². The molecule has 27 heavy (non-hydrogen) atoms. The van der Waals surface area contributed by atoms with Gasteiger partial charge >= 0.3 is 0 Å². The van der Waals surface area contributed by atoms with Gasteiger partial charge in [0.2, 0.25) is 0 Å². The normalized spacial score (nSPS) is 10.7. The Morgan fingerprint density at radius 1 is 1.04 bits per heavy atom. The number of carbonyl (C=O) groups excluding carboxylic acids is 1. The van der Waals surface area contributed by atoms with Gasteiger partial charge in [0.1, 0.15) is 18.7 Å². The van der Waals surface area contributed by atoms with E-state index in [9.17, 15) is 4.79 Å². The number of tetrazole rings is 1. The predicted molar refractivity (Wildman–Crippen MR) is 101 cm³/mol. The van der Waals surface area contributed by atoms with Crippen LogP contribution < -0.4 is 10.1 Å². The maximum Gasteiger partial charge on any atom is 0.251 e. The van der Waals surface area contributed by atoms with E-state index < -0.39 is 0 Å². The molecule has 1 N–H and O–H groups in total. The lowest BCUT2D eigenvalue weighted by Gasteiger charge is -2.10. The van der Waals surface area contributed by atoms with Gasteiger partial charge in [0, 0.05) is 10.9 Å². The number of aromatic nitrogens is 4. The Balaban J connectivity index is 1.35. The molecule has 0 aliphatic rings. The highest BCUT2D eigenvalue weighted by Gasteiger charge is 2.08. The first-order valence-electron chi connectivity index (χ1n) is 8.53. The van der Waals surface area contributed by atoms with Gasteiger partial charge < -0.3 is 10.1 Å². The van der Waals surface area contributed by atoms with Crippen LogP contribution >= 0.6 is 0 Å². The van der Waals surface area contributed by atoms with Gasteiger partial charge in [-0.2, -0.15) is 0 Å². The molecule has 0 radical (unpaired) electrons. The predicted octanol–water partition coefficient (Wildman–Crippen LogP) is 2.62. The van der Waals surface area contributed by atoms with Crippen molar-refractivity contribution in [3.8, 4) is 11.4 Å². The topological polar surface area (TPSA) is 81.9 Å². The molecule has 134 valence electrons. The number of nitrogens with zero attached hydrogens (tertiary/aromatic N) is 4. The quantitative estimate of drug-likeness (QED) is 0.535. The summed E-state index contributed by atoms with van der Waals surface area (Å²) in [5.41, 5.74) is 1.26. The second kappa shape index (κ2) is 7.65. The second-order valence-electron chi connectivity index (χ2n) is 5.89. The number of fused-ring (bicyclic) bond motifs is 1. The smallest absolute Gasteiger partial charge is 0.251 e. The van der Waals surface area contributed by atoms with Crippen LogP contribution in [0, 0.1) is 0 Å². The van der Waals surface area contributed by atoms with Crippen molar-refractivity contribution in [2.45, 2.75) is 0 Å². The summed E-state index contributed by atoms with van der Waals surface area (Å²) in [7, 11) is 0. The van der Waals surface area contributed by atoms with Crippen LogP contribution in [0.4, 0.5) is 0 Å². The Hall–Kier alpha value is -3.74. The highest BCUT2D eigenvalue weighted by molar-refractivity contribution is 5.94. The molecule has 1 amide bonds. The number of hydrogen-bond donors (Lipinski definition) is 1. The van der Waals surface area contributed by atoms with E-state index in [-0.39, 0.29) is 5.91 Å². The Bertz CT molecular complexity index is 1060. The molecule has 0 saturated carbocycles. The Morgan fingerprint density at radius 2 is 1.89 bits per heavy atom. The van der Waals surface area contributed by atoms with Crippen LogP contribution in [0.15, 0.2) is 73.1 Å². The Morgan fingerprint density at radius 3 is 2.78 bits per heavy atom. The van der Waals surface area contributed by atoms with Gasteiger partial charge in [-0.25, -0.2) is 4.68 Å². The Labute approximate surface area is 155 Å². The minimum absolute atomic E-state index is 0.175. The summed E-state index contributed by atoms with van der Waals surface area (Å²) < 4.78 is 7.34. The monoisotopic (exact) mass is 359 g/mol. The van der Waals surface area contributed by atoms with Crippen molar-refractivity contribution >= 4 is 16.7 Å². The molecule has 0 fully saturated rings. The fourth-order valence-electron chi connectivity index (χ4n) is 2.82. The number of amides is 1. The number of ether oxygens (including phenoxy) is 1. The van der Waals surface area contributed by atoms with Crippen molar-refractivity contribution in [1.82, 2.24) is 25.5 Å². The van der Waals surface area contributed by atoms with E-state index in [1.54, 1.807) is 18.2 Å². The van der Waals surface area contributed by atoms with E-state index in [4.69, 9.17) is 4.74 Å². The molecule has 0 aliphatic heterocycles. The summed E-state index contributed by atoms with van der Waals surface area (Å²) >= 11 is 0. The number of nitrogens with one attached hydrogen (secondary N) is 1. The van der Waals surface area contributed by atoms with Crippen LogP contribution in [0.3, 0.4) is 0 Å². The molecule has 0 bridgehead atoms. The lowest BCUT2D eigenvalue weighted by Crippen LogP contribution is -2.28. The fraction of sp³-hybridized carbons (Fsp3) is 0.100. The van der Waals surface area contributed by atoms with E-state index in [1.807, 2.05) is 48.5 Å². The molecule has 1 aromatic heterocycles. The summed E-state index contributed by atoms with van der Waals surface area (Å²) in [6.07, 6.45) is 1.48. The van der Waals surface area contributed by atoms with Crippen molar-refractivity contribution < 1.29 is 9.53 Å². The van der Waals surface area contributed by atoms with Crippen molar-refractivity contribution in [2.24, 2.45) is 0 Å². The third kappa shape index (κ3) is 3.77. The lowest BCUT2D eigenvalue weighted by atomic mass is 10.1.